The van der Waals surface area contributed by atoms with Crippen molar-refractivity contribution in [1.82, 2.24) is 9.71 Å². The Morgan fingerprint density at radius 3 is 2.86 bits per heavy atom. The number of H-pyrrole nitrogens is 1. The normalized spacial score (nSPS) is 16.9. The largest absolute Gasteiger partial charge is 0.493 e. The van der Waals surface area contributed by atoms with Crippen LogP contribution in [-0.2, 0) is 4.74 Å². The summed E-state index contributed by atoms with van der Waals surface area (Å²) in [6, 6.07) is 12.4. The number of aromatic nitrogens is 1. The van der Waals surface area contributed by atoms with Crippen LogP contribution in [0.1, 0.15) is 12.8 Å². The molecule has 0 aliphatic carbocycles. The molecule has 2 aromatic carbocycles. The molecule has 1 unspecified atom stereocenters. The molecule has 28 heavy (non-hydrogen) atoms. The molecule has 0 radical (unpaired) electrons. The Bertz CT molecular complexity index is 1010. The third kappa shape index (κ3) is 4.06. The van der Waals surface area contributed by atoms with E-state index in [0.717, 1.165) is 41.8 Å². The standard InChI is InChI=1S/C19H19N5O3S/c25-19-18(23-22-16-5-1-2-6-17(16)24-26)14-10-13(7-8-15(14)21-19)28-20-11-12-4-3-9-27-12/h1-2,5-8,10,12,20-21,25H,3-4,9,11H2. The summed E-state index contributed by atoms with van der Waals surface area (Å²) in [5.41, 5.74) is 1.60. The number of azo groups is 1. The maximum absolute atomic E-state index is 10.9. The van der Waals surface area contributed by atoms with Crippen molar-refractivity contribution >= 4 is 39.9 Å². The van der Waals surface area contributed by atoms with Crippen molar-refractivity contribution in [2.75, 3.05) is 13.2 Å². The molecule has 1 aromatic heterocycles. The quantitative estimate of drug-likeness (QED) is 0.278. The number of hydrogen-bond acceptors (Lipinski definition) is 8. The molecule has 1 fully saturated rings. The Balaban J connectivity index is 1.54. The first kappa shape index (κ1) is 18.6. The van der Waals surface area contributed by atoms with E-state index in [1.807, 2.05) is 18.2 Å². The zero-order valence-corrected chi connectivity index (χ0v) is 15.8. The fourth-order valence-electron chi connectivity index (χ4n) is 3.06. The Kier molecular flexibility index (Phi) is 5.65. The highest BCUT2D eigenvalue weighted by molar-refractivity contribution is 7.97. The van der Waals surface area contributed by atoms with Gasteiger partial charge in [0.1, 0.15) is 11.4 Å². The van der Waals surface area contributed by atoms with E-state index in [9.17, 15) is 10.0 Å². The average Bonchev–Trinajstić information content (AvgIpc) is 3.34. The predicted molar refractivity (Wildman–Crippen MR) is 109 cm³/mol. The van der Waals surface area contributed by atoms with Gasteiger partial charge in [-0.25, -0.2) is 0 Å². The number of hydrogen-bond donors (Lipinski definition) is 3. The second-order valence-electron chi connectivity index (χ2n) is 6.40. The lowest BCUT2D eigenvalue weighted by molar-refractivity contribution is 0.115. The van der Waals surface area contributed by atoms with Crippen LogP contribution in [0, 0.1) is 4.91 Å². The zero-order chi connectivity index (χ0) is 19.3. The van der Waals surface area contributed by atoms with Crippen LogP contribution in [0.4, 0.5) is 17.1 Å². The summed E-state index contributed by atoms with van der Waals surface area (Å²) < 4.78 is 8.93. The summed E-state index contributed by atoms with van der Waals surface area (Å²) in [6.45, 7) is 1.62. The van der Waals surface area contributed by atoms with Gasteiger partial charge in [0.05, 0.1) is 11.6 Å². The van der Waals surface area contributed by atoms with Gasteiger partial charge in [0.2, 0.25) is 5.88 Å². The van der Waals surface area contributed by atoms with Crippen LogP contribution in [0.3, 0.4) is 0 Å². The maximum Gasteiger partial charge on any atom is 0.218 e. The van der Waals surface area contributed by atoms with E-state index in [4.69, 9.17) is 4.74 Å². The van der Waals surface area contributed by atoms with Crippen molar-refractivity contribution < 1.29 is 9.84 Å². The molecule has 9 heteroatoms. The Morgan fingerprint density at radius 2 is 2.07 bits per heavy atom. The van der Waals surface area contributed by atoms with Gasteiger partial charge in [0.25, 0.3) is 0 Å². The average molecular weight is 397 g/mol. The van der Waals surface area contributed by atoms with E-state index in [1.165, 1.54) is 11.9 Å². The monoisotopic (exact) mass is 397 g/mol. The molecular formula is C19H19N5O3S. The van der Waals surface area contributed by atoms with Crippen molar-refractivity contribution in [2.24, 2.45) is 15.4 Å². The molecule has 4 rings (SSSR count). The third-order valence-electron chi connectivity index (χ3n) is 4.49. The molecule has 2 heterocycles. The maximum atomic E-state index is 10.9. The summed E-state index contributed by atoms with van der Waals surface area (Å²) in [6.07, 6.45) is 2.46. The van der Waals surface area contributed by atoms with Gasteiger partial charge in [0.15, 0.2) is 5.69 Å². The molecule has 0 amide bonds. The Hall–Kier alpha value is -2.75. The van der Waals surface area contributed by atoms with Gasteiger partial charge in [-0.05, 0) is 60.3 Å². The minimum Gasteiger partial charge on any atom is -0.493 e. The minimum absolute atomic E-state index is 0.0789. The van der Waals surface area contributed by atoms with Gasteiger partial charge < -0.3 is 14.8 Å². The van der Waals surface area contributed by atoms with Crippen LogP contribution in [0.25, 0.3) is 10.9 Å². The summed E-state index contributed by atoms with van der Waals surface area (Å²) in [7, 11) is 0. The van der Waals surface area contributed by atoms with E-state index >= 15 is 0 Å². The molecule has 0 spiro atoms. The van der Waals surface area contributed by atoms with E-state index in [0.29, 0.717) is 11.4 Å². The SMILES string of the molecule is O=Nc1ccccc1N=Nc1c(O)[nH]c2ccc(SNCC3CCCO3)cc12. The summed E-state index contributed by atoms with van der Waals surface area (Å²) in [5.74, 6) is -0.0789. The fraction of sp³-hybridized carbons (Fsp3) is 0.263. The number of rotatable bonds is 7. The van der Waals surface area contributed by atoms with Gasteiger partial charge >= 0.3 is 0 Å². The van der Waals surface area contributed by atoms with E-state index in [-0.39, 0.29) is 17.7 Å². The molecule has 8 nitrogen and oxygen atoms in total. The minimum atomic E-state index is -0.0789. The number of nitrogens with one attached hydrogen (secondary N) is 2. The zero-order valence-electron chi connectivity index (χ0n) is 15.0. The van der Waals surface area contributed by atoms with Crippen molar-refractivity contribution in [3.63, 3.8) is 0 Å². The van der Waals surface area contributed by atoms with Gasteiger partial charge in [-0.3, -0.25) is 4.72 Å². The molecule has 1 atom stereocenters. The number of nitrogens with zero attached hydrogens (tertiary/aromatic N) is 3. The summed E-state index contributed by atoms with van der Waals surface area (Å²) in [5, 5.41) is 22.1. The first-order chi connectivity index (χ1) is 13.7. The van der Waals surface area contributed by atoms with Crippen LogP contribution in [0.15, 0.2) is 62.8 Å². The van der Waals surface area contributed by atoms with Crippen LogP contribution in [-0.4, -0.2) is 29.3 Å². The fourth-order valence-corrected chi connectivity index (χ4v) is 3.81. The van der Waals surface area contributed by atoms with Gasteiger partial charge in [-0.1, -0.05) is 12.1 Å². The Labute approximate surface area is 165 Å². The van der Waals surface area contributed by atoms with E-state index in [2.05, 4.69) is 25.1 Å². The number of ether oxygens (including phenoxy) is 1. The van der Waals surface area contributed by atoms with Crippen LogP contribution in [0.2, 0.25) is 0 Å². The lowest BCUT2D eigenvalue weighted by Crippen LogP contribution is -2.20. The van der Waals surface area contributed by atoms with Gasteiger partial charge in [-0.2, -0.15) is 0 Å². The smallest absolute Gasteiger partial charge is 0.218 e. The molecule has 1 aliphatic heterocycles. The summed E-state index contributed by atoms with van der Waals surface area (Å²) >= 11 is 1.51. The second-order valence-corrected chi connectivity index (χ2v) is 7.36. The van der Waals surface area contributed by atoms with Gasteiger partial charge in [-0.15, -0.1) is 15.1 Å². The van der Waals surface area contributed by atoms with Crippen molar-refractivity contribution in [1.29, 1.82) is 0 Å². The number of benzene rings is 2. The number of aromatic amines is 1. The van der Waals surface area contributed by atoms with Crippen LogP contribution >= 0.6 is 11.9 Å². The molecule has 1 aliphatic rings. The van der Waals surface area contributed by atoms with Gasteiger partial charge in [0, 0.05) is 23.4 Å². The molecule has 0 saturated carbocycles. The molecule has 3 aromatic rings. The predicted octanol–water partition coefficient (Wildman–Crippen LogP) is 5.46. The first-order valence-electron chi connectivity index (χ1n) is 8.95. The molecule has 144 valence electrons. The third-order valence-corrected chi connectivity index (χ3v) is 5.29. The highest BCUT2D eigenvalue weighted by atomic mass is 32.2. The first-order valence-corrected chi connectivity index (χ1v) is 9.76. The number of nitroso groups, excluding NO2 is 1. The molecular weight excluding hydrogens is 378 g/mol. The van der Waals surface area contributed by atoms with Crippen molar-refractivity contribution in [2.45, 2.75) is 23.8 Å². The molecule has 3 N–H and O–H groups in total. The molecule has 0 bridgehead atoms. The Morgan fingerprint density at radius 1 is 1.21 bits per heavy atom. The van der Waals surface area contributed by atoms with E-state index in [1.54, 1.807) is 24.3 Å². The highest BCUT2D eigenvalue weighted by Gasteiger charge is 2.15. The topological polar surface area (TPSA) is 111 Å². The lowest BCUT2D eigenvalue weighted by atomic mass is 10.2. The highest BCUT2D eigenvalue weighted by Crippen LogP contribution is 2.39. The lowest BCUT2D eigenvalue weighted by Gasteiger charge is -2.09. The van der Waals surface area contributed by atoms with Crippen LogP contribution < -0.4 is 4.72 Å². The van der Waals surface area contributed by atoms with Crippen molar-refractivity contribution in [3.8, 4) is 5.88 Å². The van der Waals surface area contributed by atoms with Crippen molar-refractivity contribution in [3.05, 3.63) is 47.4 Å². The van der Waals surface area contributed by atoms with E-state index < -0.39 is 0 Å². The van der Waals surface area contributed by atoms with Crippen LogP contribution in [0.5, 0.6) is 5.88 Å². The summed E-state index contributed by atoms with van der Waals surface area (Å²) in [4.78, 5) is 14.8. The number of fused-ring (bicyclic) bond motifs is 1. The number of aromatic hydroxyl groups is 1. The molecule has 1 saturated heterocycles. The second kappa shape index (κ2) is 8.51.